The molecule has 1 aromatic heterocycles. The van der Waals surface area contributed by atoms with Gasteiger partial charge in [-0.1, -0.05) is 19.3 Å². The van der Waals surface area contributed by atoms with Gasteiger partial charge >= 0.3 is 0 Å². The molecule has 1 fully saturated rings. The summed E-state index contributed by atoms with van der Waals surface area (Å²) < 4.78 is 0. The van der Waals surface area contributed by atoms with Crippen molar-refractivity contribution in [3.05, 3.63) is 17.5 Å². The molecule has 0 atom stereocenters. The zero-order valence-corrected chi connectivity index (χ0v) is 9.34. The molecular formula is C12H21N3. The van der Waals surface area contributed by atoms with Gasteiger partial charge in [0.25, 0.3) is 0 Å². The number of rotatable bonds is 4. The molecule has 0 unspecified atom stereocenters. The summed E-state index contributed by atoms with van der Waals surface area (Å²) in [6, 6.07) is 2.24. The molecule has 0 radical (unpaired) electrons. The van der Waals surface area contributed by atoms with E-state index in [9.17, 15) is 0 Å². The molecule has 0 bridgehead atoms. The Labute approximate surface area is 91.4 Å². The summed E-state index contributed by atoms with van der Waals surface area (Å²) in [4.78, 5) is 0. The van der Waals surface area contributed by atoms with Crippen molar-refractivity contribution in [2.45, 2.75) is 50.9 Å². The Morgan fingerprint density at radius 3 is 2.87 bits per heavy atom. The Balaban J connectivity index is 1.93. The van der Waals surface area contributed by atoms with Crippen LogP contribution < -0.4 is 5.73 Å². The number of aromatic amines is 1. The Kier molecular flexibility index (Phi) is 3.78. The summed E-state index contributed by atoms with van der Waals surface area (Å²) in [6.45, 7) is 0.762. The van der Waals surface area contributed by atoms with Gasteiger partial charge in [-0.05, 0) is 38.3 Å². The summed E-state index contributed by atoms with van der Waals surface area (Å²) in [5, 5.41) is 7.56. The zero-order chi connectivity index (χ0) is 10.5. The maximum absolute atomic E-state index is 5.49. The second-order valence-electron chi connectivity index (χ2n) is 4.55. The first-order valence-corrected chi connectivity index (χ1v) is 6.14. The third kappa shape index (κ3) is 2.81. The van der Waals surface area contributed by atoms with E-state index in [0.29, 0.717) is 5.92 Å². The molecule has 84 valence electrons. The predicted molar refractivity (Wildman–Crippen MR) is 61.8 cm³/mol. The Morgan fingerprint density at radius 2 is 2.13 bits per heavy atom. The molecule has 3 heteroatoms. The Morgan fingerprint density at radius 1 is 1.33 bits per heavy atom. The number of H-pyrrole nitrogens is 1. The summed E-state index contributed by atoms with van der Waals surface area (Å²) in [7, 11) is 0. The third-order valence-corrected chi connectivity index (χ3v) is 3.32. The van der Waals surface area contributed by atoms with E-state index < -0.39 is 0 Å². The molecule has 0 saturated heterocycles. The van der Waals surface area contributed by atoms with Crippen LogP contribution in [0.3, 0.4) is 0 Å². The first-order valence-electron chi connectivity index (χ1n) is 6.14. The lowest BCUT2D eigenvalue weighted by Gasteiger charge is -2.19. The largest absolute Gasteiger partial charge is 0.330 e. The summed E-state index contributed by atoms with van der Waals surface area (Å²) in [5.74, 6) is 0.710. The summed E-state index contributed by atoms with van der Waals surface area (Å²) in [6.07, 6.45) is 8.87. The van der Waals surface area contributed by atoms with Gasteiger partial charge in [-0.3, -0.25) is 5.10 Å². The molecule has 0 aromatic carbocycles. The van der Waals surface area contributed by atoms with Crippen LogP contribution in [0.4, 0.5) is 0 Å². The smallest absolute Gasteiger partial charge is 0.0655 e. The van der Waals surface area contributed by atoms with Crippen molar-refractivity contribution in [1.29, 1.82) is 0 Å². The highest BCUT2D eigenvalue weighted by Crippen LogP contribution is 2.31. The SMILES string of the molecule is NCCCc1cc(C2CCCCC2)n[nH]1. The normalized spacial score (nSPS) is 18.2. The van der Waals surface area contributed by atoms with E-state index in [-0.39, 0.29) is 0 Å². The van der Waals surface area contributed by atoms with Crippen molar-refractivity contribution in [2.75, 3.05) is 6.54 Å². The summed E-state index contributed by atoms with van der Waals surface area (Å²) in [5.41, 5.74) is 8.02. The fourth-order valence-corrected chi connectivity index (χ4v) is 2.41. The minimum Gasteiger partial charge on any atom is -0.330 e. The van der Waals surface area contributed by atoms with Crippen LogP contribution in [0.2, 0.25) is 0 Å². The number of hydrogen-bond donors (Lipinski definition) is 2. The molecule has 1 aromatic rings. The van der Waals surface area contributed by atoms with Gasteiger partial charge in [0.15, 0.2) is 0 Å². The molecule has 1 heterocycles. The molecule has 0 amide bonds. The highest BCUT2D eigenvalue weighted by atomic mass is 15.1. The average Bonchev–Trinajstić information content (AvgIpc) is 2.76. The fourth-order valence-electron chi connectivity index (χ4n) is 2.41. The number of aromatic nitrogens is 2. The van der Waals surface area contributed by atoms with Gasteiger partial charge in [-0.2, -0.15) is 5.10 Å². The zero-order valence-electron chi connectivity index (χ0n) is 9.34. The van der Waals surface area contributed by atoms with E-state index in [1.165, 1.54) is 43.5 Å². The van der Waals surface area contributed by atoms with Gasteiger partial charge in [0, 0.05) is 11.6 Å². The monoisotopic (exact) mass is 207 g/mol. The molecule has 3 N–H and O–H groups in total. The maximum atomic E-state index is 5.49. The van der Waals surface area contributed by atoms with Gasteiger partial charge in [-0.15, -0.1) is 0 Å². The van der Waals surface area contributed by atoms with E-state index in [0.717, 1.165) is 19.4 Å². The lowest BCUT2D eigenvalue weighted by atomic mass is 9.87. The minimum absolute atomic E-state index is 0.710. The molecule has 1 aliphatic rings. The Bertz CT molecular complexity index is 287. The first-order chi connectivity index (χ1) is 7.40. The van der Waals surface area contributed by atoms with Crippen molar-refractivity contribution >= 4 is 0 Å². The second kappa shape index (κ2) is 5.31. The van der Waals surface area contributed by atoms with Crippen molar-refractivity contribution < 1.29 is 0 Å². The van der Waals surface area contributed by atoms with Crippen LogP contribution in [0.15, 0.2) is 6.07 Å². The molecule has 0 aliphatic heterocycles. The van der Waals surface area contributed by atoms with Crippen LogP contribution in [0.25, 0.3) is 0 Å². The lowest BCUT2D eigenvalue weighted by molar-refractivity contribution is 0.436. The molecule has 0 spiro atoms. The van der Waals surface area contributed by atoms with Gasteiger partial charge < -0.3 is 5.73 Å². The van der Waals surface area contributed by atoms with Crippen molar-refractivity contribution in [2.24, 2.45) is 5.73 Å². The van der Waals surface area contributed by atoms with Crippen LogP contribution in [0.5, 0.6) is 0 Å². The molecule has 1 aliphatic carbocycles. The van der Waals surface area contributed by atoms with Crippen LogP contribution in [-0.2, 0) is 6.42 Å². The van der Waals surface area contributed by atoms with Crippen molar-refractivity contribution in [3.8, 4) is 0 Å². The number of nitrogens with one attached hydrogen (secondary N) is 1. The third-order valence-electron chi connectivity index (χ3n) is 3.32. The highest BCUT2D eigenvalue weighted by Gasteiger charge is 2.17. The minimum atomic E-state index is 0.710. The molecule has 3 nitrogen and oxygen atoms in total. The van der Waals surface area contributed by atoms with Crippen molar-refractivity contribution in [1.82, 2.24) is 10.2 Å². The molecular weight excluding hydrogens is 186 g/mol. The van der Waals surface area contributed by atoms with E-state index in [1.54, 1.807) is 0 Å². The van der Waals surface area contributed by atoms with Crippen LogP contribution in [0, 0.1) is 0 Å². The average molecular weight is 207 g/mol. The van der Waals surface area contributed by atoms with Crippen LogP contribution >= 0.6 is 0 Å². The number of nitrogens with zero attached hydrogens (tertiary/aromatic N) is 1. The van der Waals surface area contributed by atoms with E-state index in [2.05, 4.69) is 16.3 Å². The first kappa shape index (κ1) is 10.7. The van der Waals surface area contributed by atoms with Gasteiger partial charge in [0.2, 0.25) is 0 Å². The second-order valence-corrected chi connectivity index (χ2v) is 4.55. The molecule has 2 rings (SSSR count). The lowest BCUT2D eigenvalue weighted by Crippen LogP contribution is -2.04. The van der Waals surface area contributed by atoms with Crippen LogP contribution in [0.1, 0.15) is 55.8 Å². The van der Waals surface area contributed by atoms with Gasteiger partial charge in [0.05, 0.1) is 5.69 Å². The molecule has 1 saturated carbocycles. The predicted octanol–water partition coefficient (Wildman–Crippen LogP) is 2.35. The molecule has 15 heavy (non-hydrogen) atoms. The number of hydrogen-bond acceptors (Lipinski definition) is 2. The van der Waals surface area contributed by atoms with E-state index in [1.807, 2.05) is 0 Å². The number of aryl methyl sites for hydroxylation is 1. The van der Waals surface area contributed by atoms with Gasteiger partial charge in [0.1, 0.15) is 0 Å². The maximum Gasteiger partial charge on any atom is 0.0655 e. The fraction of sp³-hybridized carbons (Fsp3) is 0.750. The van der Waals surface area contributed by atoms with E-state index >= 15 is 0 Å². The number of nitrogens with two attached hydrogens (primary N) is 1. The highest BCUT2D eigenvalue weighted by molar-refractivity contribution is 5.13. The summed E-state index contributed by atoms with van der Waals surface area (Å²) >= 11 is 0. The van der Waals surface area contributed by atoms with Crippen molar-refractivity contribution in [3.63, 3.8) is 0 Å². The standard InChI is InChI=1S/C12H21N3/c13-8-4-7-11-9-12(15-14-11)10-5-2-1-3-6-10/h9-10H,1-8,13H2,(H,14,15). The van der Waals surface area contributed by atoms with Crippen LogP contribution in [-0.4, -0.2) is 16.7 Å². The quantitative estimate of drug-likeness (QED) is 0.796. The van der Waals surface area contributed by atoms with Gasteiger partial charge in [-0.25, -0.2) is 0 Å². The van der Waals surface area contributed by atoms with E-state index in [4.69, 9.17) is 5.73 Å². The Hall–Kier alpha value is -0.830. The topological polar surface area (TPSA) is 54.7 Å².